The number of rotatable bonds is 4. The van der Waals surface area contributed by atoms with E-state index >= 15 is 0 Å². The minimum Gasteiger partial charge on any atom is -0.505 e. The molecule has 0 aliphatic carbocycles. The van der Waals surface area contributed by atoms with Crippen LogP contribution < -0.4 is 0 Å². The van der Waals surface area contributed by atoms with Gasteiger partial charge in [0.05, 0.1) is 16.3 Å². The summed E-state index contributed by atoms with van der Waals surface area (Å²) >= 11 is 5.76. The fourth-order valence-corrected chi connectivity index (χ4v) is 2.68. The molecule has 1 aromatic carbocycles. The summed E-state index contributed by atoms with van der Waals surface area (Å²) in [4.78, 5) is 12.6. The second kappa shape index (κ2) is 7.94. The van der Waals surface area contributed by atoms with Crippen molar-refractivity contribution in [3.8, 4) is 23.1 Å². The van der Waals surface area contributed by atoms with Gasteiger partial charge in [-0.05, 0) is 42.8 Å². The second-order valence-electron chi connectivity index (χ2n) is 5.62. The number of aromatic hydroxyl groups is 1. The molecule has 2 aromatic heterocycles. The second-order valence-corrected chi connectivity index (χ2v) is 6.02. The van der Waals surface area contributed by atoms with Gasteiger partial charge < -0.3 is 5.11 Å². The Morgan fingerprint density at radius 1 is 1.22 bits per heavy atom. The van der Waals surface area contributed by atoms with Gasteiger partial charge in [0.1, 0.15) is 17.6 Å². The minimum atomic E-state index is -0.576. The first-order valence-corrected chi connectivity index (χ1v) is 8.48. The average Bonchev–Trinajstić information content (AvgIpc) is 2.69. The fourth-order valence-electron chi connectivity index (χ4n) is 2.50. The lowest BCUT2D eigenvalue weighted by Gasteiger charge is -2.09. The summed E-state index contributed by atoms with van der Waals surface area (Å²) in [6.07, 6.45) is 3.87. The Morgan fingerprint density at radius 2 is 2.00 bits per heavy atom. The summed E-state index contributed by atoms with van der Waals surface area (Å²) in [5.74, 6) is -0.744. The number of benzene rings is 1. The molecule has 3 aromatic rings. The number of aromatic nitrogens is 2. The highest BCUT2D eigenvalue weighted by Crippen LogP contribution is 2.31. The molecule has 134 valence electrons. The van der Waals surface area contributed by atoms with E-state index in [1.807, 2.05) is 19.1 Å². The van der Waals surface area contributed by atoms with Crippen LogP contribution in [0, 0.1) is 17.1 Å². The van der Waals surface area contributed by atoms with E-state index in [9.17, 15) is 14.8 Å². The quantitative estimate of drug-likeness (QED) is 0.656. The molecule has 0 amide bonds. The molecular formula is C20H14ClFN4O. The molecule has 0 saturated carbocycles. The van der Waals surface area contributed by atoms with Gasteiger partial charge in [-0.15, -0.1) is 0 Å². The third-order valence-electron chi connectivity index (χ3n) is 3.88. The Morgan fingerprint density at radius 3 is 2.70 bits per heavy atom. The van der Waals surface area contributed by atoms with Crippen molar-refractivity contribution in [1.29, 1.82) is 5.26 Å². The topological polar surface area (TPSA) is 82.2 Å². The summed E-state index contributed by atoms with van der Waals surface area (Å²) in [7, 11) is 0. The van der Waals surface area contributed by atoms with E-state index in [4.69, 9.17) is 11.6 Å². The first kappa shape index (κ1) is 18.5. The monoisotopic (exact) mass is 380 g/mol. The number of aryl methyl sites for hydroxylation is 1. The molecule has 5 nitrogen and oxygen atoms in total. The summed E-state index contributed by atoms with van der Waals surface area (Å²) in [5.41, 5.74) is 2.34. The molecule has 0 saturated heterocycles. The first-order valence-electron chi connectivity index (χ1n) is 8.11. The van der Waals surface area contributed by atoms with Crippen molar-refractivity contribution >= 4 is 23.0 Å². The largest absolute Gasteiger partial charge is 0.505 e. The van der Waals surface area contributed by atoms with Crippen LogP contribution in [0.25, 0.3) is 11.3 Å². The molecule has 0 radical (unpaired) electrons. The van der Waals surface area contributed by atoms with Crippen molar-refractivity contribution in [3.63, 3.8) is 0 Å². The molecular weight excluding hydrogens is 367 g/mol. The van der Waals surface area contributed by atoms with Crippen molar-refractivity contribution in [2.24, 2.45) is 4.99 Å². The molecule has 7 heteroatoms. The van der Waals surface area contributed by atoms with E-state index < -0.39 is 5.82 Å². The molecule has 0 aliphatic heterocycles. The van der Waals surface area contributed by atoms with Gasteiger partial charge >= 0.3 is 0 Å². The Balaban J connectivity index is 2.09. The fraction of sp³-hybridized carbons (Fsp3) is 0.100. The third kappa shape index (κ3) is 3.94. The number of hydrogen-bond donors (Lipinski definition) is 1. The molecule has 0 unspecified atom stereocenters. The number of halogens is 2. The maximum atomic E-state index is 13.3. The van der Waals surface area contributed by atoms with E-state index in [2.05, 4.69) is 15.0 Å². The van der Waals surface area contributed by atoms with Gasteiger partial charge in [-0.2, -0.15) is 5.26 Å². The highest BCUT2D eigenvalue weighted by atomic mass is 35.5. The van der Waals surface area contributed by atoms with Gasteiger partial charge in [0, 0.05) is 23.7 Å². The van der Waals surface area contributed by atoms with E-state index in [0.29, 0.717) is 16.9 Å². The lowest BCUT2D eigenvalue weighted by Crippen LogP contribution is -2.00. The Labute approximate surface area is 160 Å². The zero-order valence-electron chi connectivity index (χ0n) is 14.3. The van der Waals surface area contributed by atoms with Crippen LogP contribution in [0.5, 0.6) is 5.75 Å². The molecule has 2 heterocycles. The number of nitriles is 1. The highest BCUT2D eigenvalue weighted by molar-refractivity contribution is 6.31. The lowest BCUT2D eigenvalue weighted by molar-refractivity contribution is 0.474. The Kier molecular flexibility index (Phi) is 5.43. The third-order valence-corrected chi connectivity index (χ3v) is 4.17. The summed E-state index contributed by atoms with van der Waals surface area (Å²) in [5, 5.41) is 20.1. The SMILES string of the molecule is CCc1cc(-c2nccc(/C(C#N)=N/c3ccc(F)c(Cl)c3)c2O)ccn1. The molecule has 1 N–H and O–H groups in total. The summed E-state index contributed by atoms with van der Waals surface area (Å²) in [6.45, 7) is 1.98. The molecule has 3 rings (SSSR count). The lowest BCUT2D eigenvalue weighted by atomic mass is 10.0. The Hall–Kier alpha value is -3.30. The minimum absolute atomic E-state index is 0.0383. The van der Waals surface area contributed by atoms with E-state index in [1.165, 1.54) is 24.4 Å². The van der Waals surface area contributed by atoms with Crippen molar-refractivity contribution in [1.82, 2.24) is 9.97 Å². The van der Waals surface area contributed by atoms with Crippen LogP contribution in [-0.4, -0.2) is 20.8 Å². The molecule has 0 aliphatic rings. The highest BCUT2D eigenvalue weighted by Gasteiger charge is 2.16. The standard InChI is InChI=1S/C20H14ClFN4O/c1-2-13-9-12(5-7-24-13)19-20(27)15(6-8-25-19)18(11-23)26-14-3-4-17(22)16(21)10-14/h3-10,27H,2H2,1H3/b26-18+. The van der Waals surface area contributed by atoms with Gasteiger partial charge in [-0.25, -0.2) is 9.38 Å². The maximum Gasteiger partial charge on any atom is 0.152 e. The Bertz CT molecular complexity index is 1080. The summed E-state index contributed by atoms with van der Waals surface area (Å²) < 4.78 is 13.3. The smallest absolute Gasteiger partial charge is 0.152 e. The van der Waals surface area contributed by atoms with E-state index in [-0.39, 0.29) is 22.0 Å². The van der Waals surface area contributed by atoms with Gasteiger partial charge in [0.15, 0.2) is 11.5 Å². The van der Waals surface area contributed by atoms with Gasteiger partial charge in [-0.1, -0.05) is 18.5 Å². The zero-order chi connectivity index (χ0) is 19.4. The normalized spacial score (nSPS) is 11.3. The molecule has 0 bridgehead atoms. The number of pyridine rings is 2. The van der Waals surface area contributed by atoms with Crippen molar-refractivity contribution in [3.05, 3.63) is 70.9 Å². The van der Waals surface area contributed by atoms with Gasteiger partial charge in [0.2, 0.25) is 0 Å². The van der Waals surface area contributed by atoms with Crippen molar-refractivity contribution in [2.75, 3.05) is 0 Å². The number of aliphatic imine (C=N–C) groups is 1. The van der Waals surface area contributed by atoms with Crippen LogP contribution in [0.3, 0.4) is 0 Å². The van der Waals surface area contributed by atoms with Crippen LogP contribution >= 0.6 is 11.6 Å². The van der Waals surface area contributed by atoms with Crippen LogP contribution in [0.4, 0.5) is 10.1 Å². The molecule has 0 atom stereocenters. The first-order chi connectivity index (χ1) is 13.0. The zero-order valence-corrected chi connectivity index (χ0v) is 15.1. The average molecular weight is 381 g/mol. The molecule has 0 spiro atoms. The molecule has 0 fully saturated rings. The predicted octanol–water partition coefficient (Wildman–Crippen LogP) is 4.85. The van der Waals surface area contributed by atoms with Crippen LogP contribution in [0.15, 0.2) is 53.8 Å². The summed E-state index contributed by atoms with van der Waals surface area (Å²) in [6, 6.07) is 10.9. The van der Waals surface area contributed by atoms with E-state index in [1.54, 1.807) is 12.3 Å². The maximum absolute atomic E-state index is 13.3. The van der Waals surface area contributed by atoms with Crippen molar-refractivity contribution in [2.45, 2.75) is 13.3 Å². The van der Waals surface area contributed by atoms with Gasteiger partial charge in [0.25, 0.3) is 0 Å². The number of hydrogen-bond acceptors (Lipinski definition) is 5. The number of nitrogens with zero attached hydrogens (tertiary/aromatic N) is 4. The molecule has 27 heavy (non-hydrogen) atoms. The van der Waals surface area contributed by atoms with Gasteiger partial charge in [-0.3, -0.25) is 9.97 Å². The van der Waals surface area contributed by atoms with Crippen LogP contribution in [0.2, 0.25) is 5.02 Å². The van der Waals surface area contributed by atoms with Crippen LogP contribution in [-0.2, 0) is 6.42 Å². The van der Waals surface area contributed by atoms with Crippen LogP contribution in [0.1, 0.15) is 18.2 Å². The predicted molar refractivity (Wildman–Crippen MR) is 102 cm³/mol. The van der Waals surface area contributed by atoms with E-state index in [0.717, 1.165) is 18.2 Å². The van der Waals surface area contributed by atoms with Crippen molar-refractivity contribution < 1.29 is 9.50 Å².